The number of nitrogens with zero attached hydrogens (tertiary/aromatic N) is 1. The van der Waals surface area contributed by atoms with Crippen molar-refractivity contribution in [1.82, 2.24) is 20.9 Å². The summed E-state index contributed by atoms with van der Waals surface area (Å²) < 4.78 is 5.66. The molecule has 162 valence electrons. The van der Waals surface area contributed by atoms with Crippen molar-refractivity contribution in [1.29, 1.82) is 0 Å². The minimum Gasteiger partial charge on any atom is -0.491 e. The molecule has 0 radical (unpaired) electrons. The summed E-state index contributed by atoms with van der Waals surface area (Å²) in [5.41, 5.74) is 0.259. The molecule has 1 aromatic carbocycles. The van der Waals surface area contributed by atoms with Crippen LogP contribution in [0.4, 0.5) is 0 Å². The molecular formula is C21H28N4O5. The zero-order valence-corrected chi connectivity index (χ0v) is 17.3. The second kappa shape index (κ2) is 9.60. The Hall–Kier alpha value is -3.10. The minimum atomic E-state index is -1.06. The Morgan fingerprint density at radius 1 is 1.23 bits per heavy atom. The van der Waals surface area contributed by atoms with E-state index in [2.05, 4.69) is 16.0 Å². The molecule has 2 atom stereocenters. The van der Waals surface area contributed by atoms with Crippen LogP contribution in [-0.4, -0.2) is 67.4 Å². The summed E-state index contributed by atoms with van der Waals surface area (Å²) >= 11 is 0. The highest BCUT2D eigenvalue weighted by Crippen LogP contribution is 2.27. The van der Waals surface area contributed by atoms with Crippen LogP contribution in [-0.2, 0) is 14.4 Å². The normalized spacial score (nSPS) is 23.4. The first-order chi connectivity index (χ1) is 14.4. The van der Waals surface area contributed by atoms with E-state index < -0.39 is 29.8 Å². The van der Waals surface area contributed by atoms with Crippen molar-refractivity contribution in [3.8, 4) is 5.75 Å². The Kier molecular flexibility index (Phi) is 6.91. The van der Waals surface area contributed by atoms with Gasteiger partial charge in [0.1, 0.15) is 24.4 Å². The van der Waals surface area contributed by atoms with Crippen LogP contribution in [0, 0.1) is 5.92 Å². The van der Waals surface area contributed by atoms with E-state index in [1.54, 1.807) is 31.2 Å². The molecule has 9 nitrogen and oxygen atoms in total. The fourth-order valence-electron chi connectivity index (χ4n) is 3.11. The van der Waals surface area contributed by atoms with Crippen LogP contribution in [0.3, 0.4) is 0 Å². The summed E-state index contributed by atoms with van der Waals surface area (Å²) in [7, 11) is 1.51. The number of rotatable bonds is 3. The zero-order valence-electron chi connectivity index (χ0n) is 17.3. The van der Waals surface area contributed by atoms with E-state index in [4.69, 9.17) is 4.74 Å². The van der Waals surface area contributed by atoms with Gasteiger partial charge in [-0.3, -0.25) is 19.2 Å². The zero-order chi connectivity index (χ0) is 21.7. The molecular weight excluding hydrogens is 388 g/mol. The summed E-state index contributed by atoms with van der Waals surface area (Å²) in [6.07, 6.45) is 1.88. The van der Waals surface area contributed by atoms with Gasteiger partial charge in [0.2, 0.25) is 17.7 Å². The maximum atomic E-state index is 12.9. The predicted octanol–water partition coefficient (Wildman–Crippen LogP) is 0.0568. The van der Waals surface area contributed by atoms with Crippen molar-refractivity contribution in [2.45, 2.75) is 38.3 Å². The molecule has 1 heterocycles. The third-order valence-corrected chi connectivity index (χ3v) is 5.41. The maximum Gasteiger partial charge on any atom is 0.255 e. The molecule has 0 spiro atoms. The Bertz CT molecular complexity index is 823. The lowest BCUT2D eigenvalue weighted by Gasteiger charge is -2.27. The standard InChI is InChI=1S/C21H28N4O5/c1-13-19(27)22-9-10-30-17-6-4-3-5-15(17)20(28)24-16(11-18(26)25(13)2)21(29)23-12-14-7-8-14/h3-6,13-14,16H,7-12H2,1-2H3,(H,22,27)(H,23,29)(H,24,28)/t13-,16-/m0/s1. The van der Waals surface area contributed by atoms with Gasteiger partial charge in [-0.25, -0.2) is 0 Å². The first kappa shape index (κ1) is 21.6. The minimum absolute atomic E-state index is 0.158. The van der Waals surface area contributed by atoms with Crippen molar-refractivity contribution in [2.24, 2.45) is 5.92 Å². The largest absolute Gasteiger partial charge is 0.491 e. The predicted molar refractivity (Wildman–Crippen MR) is 109 cm³/mol. The van der Waals surface area contributed by atoms with Crippen molar-refractivity contribution in [3.05, 3.63) is 29.8 Å². The van der Waals surface area contributed by atoms with Gasteiger partial charge in [0, 0.05) is 13.6 Å². The van der Waals surface area contributed by atoms with Crippen molar-refractivity contribution < 1.29 is 23.9 Å². The number of hydrogen-bond donors (Lipinski definition) is 3. The van der Waals surface area contributed by atoms with Crippen LogP contribution in [0.2, 0.25) is 0 Å². The van der Waals surface area contributed by atoms with Crippen molar-refractivity contribution >= 4 is 23.6 Å². The fraction of sp³-hybridized carbons (Fsp3) is 0.524. The highest BCUT2D eigenvalue weighted by molar-refractivity contribution is 6.01. The van der Waals surface area contributed by atoms with Gasteiger partial charge >= 0.3 is 0 Å². The number of para-hydroxylation sites is 1. The third kappa shape index (κ3) is 5.49. The maximum absolute atomic E-state index is 12.9. The van der Waals surface area contributed by atoms with Crippen LogP contribution in [0.25, 0.3) is 0 Å². The Balaban J connectivity index is 1.84. The molecule has 2 aliphatic rings. The second-order valence-electron chi connectivity index (χ2n) is 7.73. The number of ether oxygens (including phenoxy) is 1. The van der Waals surface area contributed by atoms with E-state index in [9.17, 15) is 19.2 Å². The lowest BCUT2D eigenvalue weighted by molar-refractivity contribution is -0.139. The molecule has 1 aromatic rings. The lowest BCUT2D eigenvalue weighted by Crippen LogP contribution is -2.52. The molecule has 0 bridgehead atoms. The van der Waals surface area contributed by atoms with Gasteiger partial charge in [-0.15, -0.1) is 0 Å². The molecule has 4 amide bonds. The van der Waals surface area contributed by atoms with Gasteiger partial charge in [-0.05, 0) is 37.8 Å². The average Bonchev–Trinajstić information content (AvgIpc) is 3.57. The van der Waals surface area contributed by atoms with E-state index in [0.717, 1.165) is 12.8 Å². The summed E-state index contributed by atoms with van der Waals surface area (Å²) in [6, 6.07) is 4.87. The molecule has 0 aromatic heterocycles. The van der Waals surface area contributed by atoms with Crippen LogP contribution < -0.4 is 20.7 Å². The molecule has 0 unspecified atom stereocenters. The van der Waals surface area contributed by atoms with Crippen LogP contribution in [0.1, 0.15) is 36.5 Å². The van der Waals surface area contributed by atoms with Crippen LogP contribution in [0.5, 0.6) is 5.75 Å². The van der Waals surface area contributed by atoms with Gasteiger partial charge in [-0.1, -0.05) is 12.1 Å². The Morgan fingerprint density at radius 2 is 1.97 bits per heavy atom. The molecule has 1 fully saturated rings. The van der Waals surface area contributed by atoms with E-state index >= 15 is 0 Å². The Morgan fingerprint density at radius 3 is 2.70 bits per heavy atom. The molecule has 1 aliphatic heterocycles. The summed E-state index contributed by atoms with van der Waals surface area (Å²) in [5, 5.41) is 8.20. The number of hydrogen-bond acceptors (Lipinski definition) is 5. The lowest BCUT2D eigenvalue weighted by atomic mass is 10.1. The fourth-order valence-corrected chi connectivity index (χ4v) is 3.11. The van der Waals surface area contributed by atoms with Gasteiger partial charge < -0.3 is 25.6 Å². The first-order valence-corrected chi connectivity index (χ1v) is 10.2. The molecule has 3 N–H and O–H groups in total. The molecule has 1 aliphatic carbocycles. The molecule has 1 saturated carbocycles. The Labute approximate surface area is 175 Å². The second-order valence-corrected chi connectivity index (χ2v) is 7.73. The van der Waals surface area contributed by atoms with Crippen LogP contribution in [0.15, 0.2) is 24.3 Å². The quantitative estimate of drug-likeness (QED) is 0.644. The van der Waals surface area contributed by atoms with Crippen molar-refractivity contribution in [2.75, 3.05) is 26.7 Å². The van der Waals surface area contributed by atoms with E-state index in [1.807, 2.05) is 0 Å². The molecule has 0 saturated heterocycles. The SMILES string of the molecule is C[C@H]1C(=O)NCCOc2ccccc2C(=O)N[C@H](C(=O)NCC2CC2)CC(=O)N1C. The third-order valence-electron chi connectivity index (χ3n) is 5.41. The van der Waals surface area contributed by atoms with E-state index in [0.29, 0.717) is 18.2 Å². The van der Waals surface area contributed by atoms with E-state index in [-0.39, 0.29) is 31.0 Å². The topological polar surface area (TPSA) is 117 Å². The average molecular weight is 416 g/mol. The monoisotopic (exact) mass is 416 g/mol. The summed E-state index contributed by atoms with van der Waals surface area (Å²) in [6.45, 7) is 2.52. The number of carbonyl (C=O) groups is 4. The van der Waals surface area contributed by atoms with Crippen molar-refractivity contribution in [3.63, 3.8) is 0 Å². The van der Waals surface area contributed by atoms with E-state index in [1.165, 1.54) is 11.9 Å². The highest BCUT2D eigenvalue weighted by Gasteiger charge is 2.31. The highest BCUT2D eigenvalue weighted by atomic mass is 16.5. The number of likely N-dealkylation sites (N-methyl/N-ethyl adjacent to an activating group) is 1. The first-order valence-electron chi connectivity index (χ1n) is 10.2. The van der Waals surface area contributed by atoms with Gasteiger partial charge in [0.05, 0.1) is 18.5 Å². The van der Waals surface area contributed by atoms with Crippen LogP contribution >= 0.6 is 0 Å². The number of fused-ring (bicyclic) bond motifs is 1. The number of amides is 4. The van der Waals surface area contributed by atoms with Gasteiger partial charge in [0.25, 0.3) is 5.91 Å². The molecule has 9 heteroatoms. The smallest absolute Gasteiger partial charge is 0.255 e. The molecule has 3 rings (SSSR count). The van der Waals surface area contributed by atoms with Gasteiger partial charge in [0.15, 0.2) is 0 Å². The summed E-state index contributed by atoms with van der Waals surface area (Å²) in [4.78, 5) is 52.0. The summed E-state index contributed by atoms with van der Waals surface area (Å²) in [5.74, 6) is -0.847. The molecule has 30 heavy (non-hydrogen) atoms. The number of carbonyl (C=O) groups excluding carboxylic acids is 4. The number of nitrogens with one attached hydrogen (secondary N) is 3. The number of benzene rings is 1. The van der Waals surface area contributed by atoms with Gasteiger partial charge in [-0.2, -0.15) is 0 Å².